The molecule has 0 amide bonds. The van der Waals surface area contributed by atoms with Gasteiger partial charge in [-0.25, -0.2) is 4.57 Å². The van der Waals surface area contributed by atoms with Crippen LogP contribution in [0.15, 0.2) is 10.8 Å². The molecule has 0 aliphatic rings. The van der Waals surface area contributed by atoms with Gasteiger partial charge < -0.3 is 4.52 Å². The Morgan fingerprint density at radius 1 is 1.58 bits per heavy atom. The number of halogens is 1. The van der Waals surface area contributed by atoms with Crippen molar-refractivity contribution in [2.24, 2.45) is 0 Å². The number of hydrogen-bond donors (Lipinski definition) is 2. The van der Waals surface area contributed by atoms with Crippen LogP contribution in [0.4, 0.5) is 0 Å². The minimum Gasteiger partial charge on any atom is -0.408 e. The van der Waals surface area contributed by atoms with Gasteiger partial charge in [0.1, 0.15) is 5.76 Å². The molecule has 0 aromatic heterocycles. The average molecular weight is 215 g/mol. The number of phosphoric acid groups is 1. The van der Waals surface area contributed by atoms with E-state index in [1.165, 1.54) is 6.92 Å². The van der Waals surface area contributed by atoms with Crippen molar-refractivity contribution in [2.45, 2.75) is 26.7 Å². The van der Waals surface area contributed by atoms with E-state index in [9.17, 15) is 4.57 Å². The van der Waals surface area contributed by atoms with Gasteiger partial charge in [0.2, 0.25) is 0 Å². The normalized spacial score (nSPS) is 14.1. The zero-order chi connectivity index (χ0) is 9.78. The number of phosphoric ester groups is 1. The molecule has 0 aliphatic carbocycles. The first-order valence-electron chi connectivity index (χ1n) is 3.47. The maximum absolute atomic E-state index is 10.3. The predicted octanol–water partition coefficient (Wildman–Crippen LogP) is 2.37. The Labute approximate surface area is 76.4 Å². The average Bonchev–Trinajstić information content (AvgIpc) is 1.84. The molecule has 0 fully saturated rings. The van der Waals surface area contributed by atoms with Crippen molar-refractivity contribution in [1.29, 1.82) is 0 Å². The van der Waals surface area contributed by atoms with Crippen molar-refractivity contribution in [2.75, 3.05) is 0 Å². The Kier molecular flexibility index (Phi) is 4.87. The fourth-order valence-corrected chi connectivity index (χ4v) is 1.37. The first-order valence-corrected chi connectivity index (χ1v) is 5.38. The van der Waals surface area contributed by atoms with Crippen molar-refractivity contribution in [3.05, 3.63) is 10.8 Å². The zero-order valence-corrected chi connectivity index (χ0v) is 8.60. The molecule has 12 heavy (non-hydrogen) atoms. The molecule has 0 atom stereocenters. The zero-order valence-electron chi connectivity index (χ0n) is 6.95. The van der Waals surface area contributed by atoms with E-state index in [0.717, 1.165) is 6.42 Å². The van der Waals surface area contributed by atoms with Crippen LogP contribution < -0.4 is 0 Å². The summed E-state index contributed by atoms with van der Waals surface area (Å²) < 4.78 is 14.6. The summed E-state index contributed by atoms with van der Waals surface area (Å²) in [6.07, 6.45) is 1.37. The summed E-state index contributed by atoms with van der Waals surface area (Å²) in [5.74, 6) is 0.0897. The van der Waals surface area contributed by atoms with E-state index >= 15 is 0 Å². The first-order chi connectivity index (χ1) is 5.37. The summed E-state index contributed by atoms with van der Waals surface area (Å²) in [6, 6.07) is 0. The minimum atomic E-state index is -4.44. The van der Waals surface area contributed by atoms with Gasteiger partial charge in [-0.3, -0.25) is 9.79 Å². The van der Waals surface area contributed by atoms with Gasteiger partial charge in [0.15, 0.2) is 0 Å². The highest BCUT2D eigenvalue weighted by molar-refractivity contribution is 7.46. The molecule has 0 radical (unpaired) electrons. The Morgan fingerprint density at radius 3 is 2.42 bits per heavy atom. The molecule has 72 valence electrons. The molecule has 0 rings (SSSR count). The lowest BCUT2D eigenvalue weighted by Gasteiger charge is -2.08. The van der Waals surface area contributed by atoms with E-state index in [4.69, 9.17) is 21.4 Å². The second-order valence-corrected chi connectivity index (χ2v) is 3.91. The highest BCUT2D eigenvalue weighted by atomic mass is 35.5. The molecular weight excluding hydrogens is 202 g/mol. The van der Waals surface area contributed by atoms with Gasteiger partial charge in [-0.1, -0.05) is 24.9 Å². The number of allylic oxidation sites excluding steroid dienone is 2. The summed E-state index contributed by atoms with van der Waals surface area (Å²) in [5.41, 5.74) is 0. The van der Waals surface area contributed by atoms with Gasteiger partial charge in [0.25, 0.3) is 0 Å². The van der Waals surface area contributed by atoms with Gasteiger partial charge in [0, 0.05) is 0 Å². The van der Waals surface area contributed by atoms with E-state index in [2.05, 4.69) is 4.52 Å². The quantitative estimate of drug-likeness (QED) is 0.557. The second kappa shape index (κ2) is 4.87. The third kappa shape index (κ3) is 5.61. The Bertz CT molecular complexity index is 220. The summed E-state index contributed by atoms with van der Waals surface area (Å²) in [5, 5.41) is 0.348. The van der Waals surface area contributed by atoms with Gasteiger partial charge in [0.05, 0.1) is 5.03 Å². The molecule has 6 heteroatoms. The maximum atomic E-state index is 10.3. The van der Waals surface area contributed by atoms with Crippen molar-refractivity contribution in [1.82, 2.24) is 0 Å². The summed E-state index contributed by atoms with van der Waals surface area (Å²) in [6.45, 7) is 3.34. The van der Waals surface area contributed by atoms with Crippen LogP contribution in [-0.2, 0) is 9.09 Å². The molecule has 4 nitrogen and oxygen atoms in total. The van der Waals surface area contributed by atoms with Crippen LogP contribution in [0.3, 0.4) is 0 Å². The smallest absolute Gasteiger partial charge is 0.408 e. The molecular formula is C6H12ClO4P. The Balaban J connectivity index is 4.27. The lowest BCUT2D eigenvalue weighted by Crippen LogP contribution is -1.88. The molecule has 0 saturated carbocycles. The standard InChI is InChI=1S/C6H12ClO4P/c1-3-4-6(7)5(2)11-12(8,9)10/h3-4H2,1-2H3,(H2,8,9,10). The molecule has 0 unspecified atom stereocenters. The molecule has 0 aliphatic heterocycles. The van der Waals surface area contributed by atoms with E-state index in [0.29, 0.717) is 11.5 Å². The molecule has 0 bridgehead atoms. The molecule has 0 saturated heterocycles. The second-order valence-electron chi connectivity index (χ2n) is 2.29. The lowest BCUT2D eigenvalue weighted by atomic mass is 10.3. The van der Waals surface area contributed by atoms with Crippen molar-refractivity contribution in [3.63, 3.8) is 0 Å². The van der Waals surface area contributed by atoms with Gasteiger partial charge in [-0.05, 0) is 13.3 Å². The molecule has 0 aromatic rings. The highest BCUT2D eigenvalue weighted by Crippen LogP contribution is 2.40. The summed E-state index contributed by atoms with van der Waals surface area (Å²) in [4.78, 5) is 16.8. The van der Waals surface area contributed by atoms with E-state index in [1.54, 1.807) is 0 Å². The van der Waals surface area contributed by atoms with Crippen molar-refractivity contribution < 1.29 is 18.9 Å². The fourth-order valence-electron chi connectivity index (χ4n) is 0.623. The van der Waals surface area contributed by atoms with Crippen LogP contribution in [0, 0.1) is 0 Å². The van der Waals surface area contributed by atoms with Crippen LogP contribution in [0.25, 0.3) is 0 Å². The van der Waals surface area contributed by atoms with Crippen LogP contribution in [0.1, 0.15) is 26.7 Å². The van der Waals surface area contributed by atoms with Crippen LogP contribution >= 0.6 is 19.4 Å². The van der Waals surface area contributed by atoms with Gasteiger partial charge in [-0.15, -0.1) is 0 Å². The third-order valence-corrected chi connectivity index (χ3v) is 2.07. The third-order valence-electron chi connectivity index (χ3n) is 1.11. The van der Waals surface area contributed by atoms with E-state index in [-0.39, 0.29) is 5.76 Å². The molecule has 2 N–H and O–H groups in total. The van der Waals surface area contributed by atoms with Crippen LogP contribution in [0.5, 0.6) is 0 Å². The van der Waals surface area contributed by atoms with E-state index in [1.807, 2.05) is 6.92 Å². The lowest BCUT2D eigenvalue weighted by molar-refractivity contribution is 0.241. The predicted molar refractivity (Wildman–Crippen MR) is 46.6 cm³/mol. The first kappa shape index (κ1) is 12.0. The SMILES string of the molecule is CCCC(Cl)=C(C)OP(=O)(O)O. The van der Waals surface area contributed by atoms with Crippen LogP contribution in [-0.4, -0.2) is 9.79 Å². The monoisotopic (exact) mass is 214 g/mol. The summed E-state index contributed by atoms with van der Waals surface area (Å²) >= 11 is 5.65. The van der Waals surface area contributed by atoms with Gasteiger partial charge in [-0.2, -0.15) is 0 Å². The molecule has 0 spiro atoms. The number of hydrogen-bond acceptors (Lipinski definition) is 2. The van der Waals surface area contributed by atoms with E-state index < -0.39 is 7.82 Å². The summed E-state index contributed by atoms with van der Waals surface area (Å²) in [7, 11) is -4.44. The Morgan fingerprint density at radius 2 is 2.08 bits per heavy atom. The van der Waals surface area contributed by atoms with Crippen molar-refractivity contribution in [3.8, 4) is 0 Å². The van der Waals surface area contributed by atoms with Gasteiger partial charge >= 0.3 is 7.82 Å². The molecule has 0 aromatic carbocycles. The molecule has 0 heterocycles. The van der Waals surface area contributed by atoms with Crippen molar-refractivity contribution >= 4 is 19.4 Å². The number of rotatable bonds is 4. The maximum Gasteiger partial charge on any atom is 0.524 e. The largest absolute Gasteiger partial charge is 0.524 e. The fraction of sp³-hybridized carbons (Fsp3) is 0.667. The highest BCUT2D eigenvalue weighted by Gasteiger charge is 2.16. The minimum absolute atomic E-state index is 0.0897. The topological polar surface area (TPSA) is 66.8 Å². The van der Waals surface area contributed by atoms with Crippen LogP contribution in [0.2, 0.25) is 0 Å². The Hall–Kier alpha value is -0.0200.